The highest BCUT2D eigenvalue weighted by atomic mass is 79.9. The maximum absolute atomic E-state index is 12.1. The van der Waals surface area contributed by atoms with Gasteiger partial charge in [0.15, 0.2) is 0 Å². The molecule has 16 heavy (non-hydrogen) atoms. The van der Waals surface area contributed by atoms with E-state index in [1.807, 2.05) is 0 Å². The minimum absolute atomic E-state index is 0.294. The van der Waals surface area contributed by atoms with Crippen molar-refractivity contribution in [2.45, 2.75) is 11.8 Å². The second-order valence-corrected chi connectivity index (χ2v) is 6.37. The summed E-state index contributed by atoms with van der Waals surface area (Å²) in [7, 11) is -3.40. The minimum Gasteiger partial charge on any atom is -0.207 e. The maximum Gasteiger partial charge on any atom is 0.243 e. The van der Waals surface area contributed by atoms with E-state index in [2.05, 4.69) is 15.9 Å². The van der Waals surface area contributed by atoms with E-state index in [-0.39, 0.29) is 0 Å². The van der Waals surface area contributed by atoms with Gasteiger partial charge in [0.05, 0.1) is 4.90 Å². The molecule has 0 aromatic heterocycles. The Bertz CT molecular complexity index is 433. The van der Waals surface area contributed by atoms with Crippen LogP contribution in [0.5, 0.6) is 0 Å². The van der Waals surface area contributed by atoms with E-state index in [0.717, 1.165) is 4.47 Å². The molecule has 0 bridgehead atoms. The van der Waals surface area contributed by atoms with Gasteiger partial charge in [0.25, 0.3) is 0 Å². The molecular weight excluding hydrogens is 314 g/mol. The zero-order valence-corrected chi connectivity index (χ0v) is 12.0. The molecule has 0 saturated carbocycles. The van der Waals surface area contributed by atoms with Gasteiger partial charge >= 0.3 is 0 Å². The maximum atomic E-state index is 12.1. The first kappa shape index (κ1) is 14.0. The summed E-state index contributed by atoms with van der Waals surface area (Å²) in [5.41, 5.74) is 0. The fourth-order valence-electron chi connectivity index (χ4n) is 1.30. The van der Waals surface area contributed by atoms with E-state index in [1.165, 1.54) is 4.31 Å². The Kier molecular flexibility index (Phi) is 5.24. The van der Waals surface area contributed by atoms with E-state index in [0.29, 0.717) is 23.9 Å². The van der Waals surface area contributed by atoms with Crippen LogP contribution in [-0.2, 0) is 10.0 Å². The van der Waals surface area contributed by atoms with Crippen molar-refractivity contribution in [3.8, 4) is 0 Å². The Labute approximate surface area is 110 Å². The number of benzene rings is 1. The normalized spacial score (nSPS) is 12.0. The number of nitrogens with zero attached hydrogens (tertiary/aromatic N) is 1. The Morgan fingerprint density at radius 1 is 1.31 bits per heavy atom. The average Bonchev–Trinajstić information content (AvgIpc) is 2.26. The molecule has 0 heterocycles. The van der Waals surface area contributed by atoms with Gasteiger partial charge in [0, 0.05) is 23.4 Å². The molecule has 0 unspecified atom stereocenters. The zero-order chi connectivity index (χ0) is 12.2. The second-order valence-electron chi connectivity index (χ2n) is 3.14. The lowest BCUT2D eigenvalue weighted by Gasteiger charge is -2.19. The monoisotopic (exact) mass is 325 g/mol. The summed E-state index contributed by atoms with van der Waals surface area (Å²) in [6, 6.07) is 6.58. The van der Waals surface area contributed by atoms with Crippen molar-refractivity contribution in [3.05, 3.63) is 28.7 Å². The summed E-state index contributed by atoms with van der Waals surface area (Å²) in [6.45, 7) is 2.55. The van der Waals surface area contributed by atoms with Crippen molar-refractivity contribution in [1.82, 2.24) is 4.31 Å². The molecule has 90 valence electrons. The highest BCUT2D eigenvalue weighted by Gasteiger charge is 2.21. The van der Waals surface area contributed by atoms with Crippen LogP contribution >= 0.6 is 27.5 Å². The quantitative estimate of drug-likeness (QED) is 0.780. The molecule has 6 heteroatoms. The first-order valence-corrected chi connectivity index (χ1v) is 7.60. The number of hydrogen-bond acceptors (Lipinski definition) is 2. The van der Waals surface area contributed by atoms with Crippen LogP contribution < -0.4 is 0 Å². The fraction of sp³-hybridized carbons (Fsp3) is 0.400. The third-order valence-corrected chi connectivity index (χ3v) is 4.82. The van der Waals surface area contributed by atoms with Gasteiger partial charge in [-0.15, -0.1) is 11.6 Å². The van der Waals surface area contributed by atoms with E-state index < -0.39 is 10.0 Å². The highest BCUT2D eigenvalue weighted by Crippen LogP contribution is 2.18. The molecule has 3 nitrogen and oxygen atoms in total. The topological polar surface area (TPSA) is 37.4 Å². The lowest BCUT2D eigenvalue weighted by atomic mass is 10.4. The van der Waals surface area contributed by atoms with Crippen LogP contribution in [0.1, 0.15) is 6.92 Å². The number of rotatable bonds is 5. The molecule has 0 aliphatic carbocycles. The minimum atomic E-state index is -3.40. The summed E-state index contributed by atoms with van der Waals surface area (Å²) in [6.07, 6.45) is 0. The molecule has 0 fully saturated rings. The van der Waals surface area contributed by atoms with Gasteiger partial charge in [0.1, 0.15) is 0 Å². The SMILES string of the molecule is CCN(CCCl)S(=O)(=O)c1ccc(Br)cc1. The van der Waals surface area contributed by atoms with E-state index >= 15 is 0 Å². The molecule has 1 rings (SSSR count). The molecule has 1 aromatic rings. The van der Waals surface area contributed by atoms with Gasteiger partial charge in [-0.1, -0.05) is 22.9 Å². The Morgan fingerprint density at radius 3 is 2.31 bits per heavy atom. The van der Waals surface area contributed by atoms with Gasteiger partial charge in [-0.05, 0) is 24.3 Å². The van der Waals surface area contributed by atoms with Crippen LogP contribution in [0.3, 0.4) is 0 Å². The predicted molar refractivity (Wildman–Crippen MR) is 69.3 cm³/mol. The molecule has 0 N–H and O–H groups in total. The summed E-state index contributed by atoms with van der Waals surface area (Å²) in [4.78, 5) is 0.294. The highest BCUT2D eigenvalue weighted by molar-refractivity contribution is 9.10. The van der Waals surface area contributed by atoms with Gasteiger partial charge in [-0.2, -0.15) is 4.31 Å². The van der Waals surface area contributed by atoms with E-state index in [4.69, 9.17) is 11.6 Å². The largest absolute Gasteiger partial charge is 0.243 e. The number of alkyl halides is 1. The lowest BCUT2D eigenvalue weighted by Crippen LogP contribution is -2.32. The van der Waals surface area contributed by atoms with Crippen LogP contribution in [0.15, 0.2) is 33.6 Å². The molecule has 0 saturated heterocycles. The first-order chi connectivity index (χ1) is 7.52. The molecule has 0 radical (unpaired) electrons. The lowest BCUT2D eigenvalue weighted by molar-refractivity contribution is 0.447. The van der Waals surface area contributed by atoms with Crippen molar-refractivity contribution in [3.63, 3.8) is 0 Å². The number of sulfonamides is 1. The smallest absolute Gasteiger partial charge is 0.207 e. The number of hydrogen-bond donors (Lipinski definition) is 0. The van der Waals surface area contributed by atoms with Gasteiger partial charge in [-0.25, -0.2) is 8.42 Å². The molecule has 0 amide bonds. The molecule has 0 aliphatic heterocycles. The third-order valence-electron chi connectivity index (χ3n) is 2.14. The second kappa shape index (κ2) is 6.00. The van der Waals surface area contributed by atoms with Gasteiger partial charge in [-0.3, -0.25) is 0 Å². The Morgan fingerprint density at radius 2 is 1.88 bits per heavy atom. The molecule has 0 spiro atoms. The third kappa shape index (κ3) is 3.20. The van der Waals surface area contributed by atoms with Crippen molar-refractivity contribution in [1.29, 1.82) is 0 Å². The van der Waals surface area contributed by atoms with Crippen LogP contribution in [0.4, 0.5) is 0 Å². The summed E-state index contributed by atoms with van der Waals surface area (Å²) in [5.74, 6) is 0.295. The van der Waals surface area contributed by atoms with Crippen molar-refractivity contribution < 1.29 is 8.42 Å². The molecule has 0 aliphatic rings. The standard InChI is InChI=1S/C10H13BrClNO2S/c1-2-13(8-7-12)16(14,15)10-5-3-9(11)4-6-10/h3-6H,2,7-8H2,1H3. The number of halogens is 2. The van der Waals surface area contributed by atoms with Crippen molar-refractivity contribution in [2.24, 2.45) is 0 Å². The van der Waals surface area contributed by atoms with Crippen LogP contribution in [-0.4, -0.2) is 31.7 Å². The van der Waals surface area contributed by atoms with Crippen LogP contribution in [0, 0.1) is 0 Å². The Balaban J connectivity index is 3.04. The first-order valence-electron chi connectivity index (χ1n) is 4.84. The molecular formula is C10H13BrClNO2S. The molecule has 1 aromatic carbocycles. The van der Waals surface area contributed by atoms with Crippen LogP contribution in [0.2, 0.25) is 0 Å². The predicted octanol–water partition coefficient (Wildman–Crippen LogP) is 2.70. The fourth-order valence-corrected chi connectivity index (χ4v) is 3.32. The zero-order valence-electron chi connectivity index (χ0n) is 8.86. The summed E-state index contributed by atoms with van der Waals surface area (Å²) in [5, 5.41) is 0. The van der Waals surface area contributed by atoms with Crippen molar-refractivity contribution in [2.75, 3.05) is 19.0 Å². The molecule has 0 atom stereocenters. The summed E-state index contributed by atoms with van der Waals surface area (Å²) >= 11 is 8.85. The van der Waals surface area contributed by atoms with E-state index in [9.17, 15) is 8.42 Å². The summed E-state index contributed by atoms with van der Waals surface area (Å²) < 4.78 is 26.5. The Hall–Kier alpha value is -0.100. The average molecular weight is 327 g/mol. The van der Waals surface area contributed by atoms with Crippen LogP contribution in [0.25, 0.3) is 0 Å². The van der Waals surface area contributed by atoms with Gasteiger partial charge < -0.3 is 0 Å². The van der Waals surface area contributed by atoms with E-state index in [1.54, 1.807) is 31.2 Å². The van der Waals surface area contributed by atoms with Gasteiger partial charge in [0.2, 0.25) is 10.0 Å². The van der Waals surface area contributed by atoms with Crippen molar-refractivity contribution >= 4 is 37.6 Å².